The van der Waals surface area contributed by atoms with Crippen LogP contribution in [0.15, 0.2) is 91.0 Å². The molecule has 3 aromatic carbocycles. The van der Waals surface area contributed by atoms with Gasteiger partial charge in [-0.2, -0.15) is 0 Å². The molecule has 120 valence electrons. The van der Waals surface area contributed by atoms with E-state index in [9.17, 15) is 4.79 Å². The fourth-order valence-corrected chi connectivity index (χ4v) is 2.70. The van der Waals surface area contributed by atoms with Crippen LogP contribution < -0.4 is 0 Å². The molecule has 24 heavy (non-hydrogen) atoms. The van der Waals surface area contributed by atoms with E-state index < -0.39 is 0 Å². The first kappa shape index (κ1) is 16.0. The van der Waals surface area contributed by atoms with Crippen molar-refractivity contribution in [1.82, 2.24) is 0 Å². The van der Waals surface area contributed by atoms with Gasteiger partial charge in [-0.25, -0.2) is 4.79 Å². The molecule has 0 radical (unpaired) electrons. The van der Waals surface area contributed by atoms with Crippen LogP contribution in [0.4, 0.5) is 0 Å². The second kappa shape index (κ2) is 8.11. The Labute approximate surface area is 142 Å². The number of esters is 1. The van der Waals surface area contributed by atoms with Crippen molar-refractivity contribution in [2.24, 2.45) is 0 Å². The standard InChI is InChI=1S/C22H20O2/c23-22(20-14-8-3-9-15-20)24-21(16-18-10-4-1-5-11-18)17-19-12-6-2-7-13-19/h1-15,21H,16-17H2. The number of carbonyl (C=O) groups is 1. The van der Waals surface area contributed by atoms with Crippen LogP contribution in [0, 0.1) is 0 Å². The first-order valence-electron chi connectivity index (χ1n) is 8.15. The van der Waals surface area contributed by atoms with Gasteiger partial charge in [0, 0.05) is 12.8 Å². The van der Waals surface area contributed by atoms with Crippen LogP contribution in [0.25, 0.3) is 0 Å². The number of benzene rings is 3. The summed E-state index contributed by atoms with van der Waals surface area (Å²) < 4.78 is 5.81. The minimum Gasteiger partial charge on any atom is -0.458 e. The molecule has 0 unspecified atom stereocenters. The van der Waals surface area contributed by atoms with Crippen LogP contribution in [-0.2, 0) is 17.6 Å². The Morgan fingerprint density at radius 3 is 1.54 bits per heavy atom. The van der Waals surface area contributed by atoms with Crippen molar-refractivity contribution in [2.45, 2.75) is 18.9 Å². The fourth-order valence-electron chi connectivity index (χ4n) is 2.70. The molecular formula is C22H20O2. The van der Waals surface area contributed by atoms with E-state index in [1.54, 1.807) is 12.1 Å². The van der Waals surface area contributed by atoms with Crippen LogP contribution in [0.3, 0.4) is 0 Å². The Kier molecular flexibility index (Phi) is 5.41. The fraction of sp³-hybridized carbons (Fsp3) is 0.136. The van der Waals surface area contributed by atoms with Crippen LogP contribution in [0.1, 0.15) is 21.5 Å². The maximum Gasteiger partial charge on any atom is 0.338 e. The average molecular weight is 316 g/mol. The van der Waals surface area contributed by atoms with Gasteiger partial charge in [0.1, 0.15) is 6.10 Å². The third kappa shape index (κ3) is 4.56. The highest BCUT2D eigenvalue weighted by Gasteiger charge is 2.17. The molecular weight excluding hydrogens is 296 g/mol. The lowest BCUT2D eigenvalue weighted by atomic mass is 10.0. The Morgan fingerprint density at radius 2 is 1.08 bits per heavy atom. The molecule has 0 aliphatic heterocycles. The molecule has 2 nitrogen and oxygen atoms in total. The summed E-state index contributed by atoms with van der Waals surface area (Å²) in [5.41, 5.74) is 2.92. The summed E-state index contributed by atoms with van der Waals surface area (Å²) in [5, 5.41) is 0. The number of hydrogen-bond donors (Lipinski definition) is 0. The Morgan fingerprint density at radius 1 is 0.667 bits per heavy atom. The minimum atomic E-state index is -0.271. The summed E-state index contributed by atoms with van der Waals surface area (Å²) in [6.07, 6.45) is 1.21. The smallest absolute Gasteiger partial charge is 0.338 e. The molecule has 0 atom stereocenters. The Hall–Kier alpha value is -2.87. The Balaban J connectivity index is 1.75. The van der Waals surface area contributed by atoms with Gasteiger partial charge in [-0.15, -0.1) is 0 Å². The van der Waals surface area contributed by atoms with Crippen LogP contribution in [-0.4, -0.2) is 12.1 Å². The maximum absolute atomic E-state index is 12.4. The first-order valence-corrected chi connectivity index (χ1v) is 8.15. The molecule has 0 spiro atoms. The van der Waals surface area contributed by atoms with Crippen LogP contribution in [0.5, 0.6) is 0 Å². The molecule has 0 aliphatic rings. The summed E-state index contributed by atoms with van der Waals surface area (Å²) >= 11 is 0. The quantitative estimate of drug-likeness (QED) is 0.616. The highest BCUT2D eigenvalue weighted by Crippen LogP contribution is 2.14. The van der Waals surface area contributed by atoms with Gasteiger partial charge in [-0.1, -0.05) is 78.9 Å². The number of carbonyl (C=O) groups excluding carboxylic acids is 1. The van der Waals surface area contributed by atoms with E-state index in [1.807, 2.05) is 54.6 Å². The predicted octanol–water partition coefficient (Wildman–Crippen LogP) is 4.70. The van der Waals surface area contributed by atoms with E-state index in [1.165, 1.54) is 11.1 Å². The molecule has 2 heteroatoms. The van der Waals surface area contributed by atoms with Crippen molar-refractivity contribution >= 4 is 5.97 Å². The van der Waals surface area contributed by atoms with E-state index in [2.05, 4.69) is 24.3 Å². The van der Waals surface area contributed by atoms with Crippen molar-refractivity contribution < 1.29 is 9.53 Å². The third-order valence-corrected chi connectivity index (χ3v) is 3.90. The summed E-state index contributed by atoms with van der Waals surface area (Å²) in [5.74, 6) is -0.271. The molecule has 0 aromatic heterocycles. The van der Waals surface area contributed by atoms with Gasteiger partial charge in [0.05, 0.1) is 5.56 Å². The molecule has 3 rings (SSSR count). The zero-order valence-corrected chi connectivity index (χ0v) is 13.5. The third-order valence-electron chi connectivity index (χ3n) is 3.90. The number of rotatable bonds is 6. The summed E-state index contributed by atoms with van der Waals surface area (Å²) in [4.78, 5) is 12.4. The largest absolute Gasteiger partial charge is 0.458 e. The van der Waals surface area contributed by atoms with Gasteiger partial charge in [-0.05, 0) is 23.3 Å². The van der Waals surface area contributed by atoms with E-state index in [0.29, 0.717) is 18.4 Å². The van der Waals surface area contributed by atoms with Gasteiger partial charge < -0.3 is 4.74 Å². The maximum atomic E-state index is 12.4. The monoisotopic (exact) mass is 316 g/mol. The van der Waals surface area contributed by atoms with Crippen molar-refractivity contribution in [1.29, 1.82) is 0 Å². The van der Waals surface area contributed by atoms with Crippen molar-refractivity contribution in [2.75, 3.05) is 0 Å². The molecule has 0 aliphatic carbocycles. The van der Waals surface area contributed by atoms with E-state index >= 15 is 0 Å². The molecule has 0 N–H and O–H groups in total. The van der Waals surface area contributed by atoms with Crippen molar-refractivity contribution in [3.05, 3.63) is 108 Å². The van der Waals surface area contributed by atoms with E-state index in [-0.39, 0.29) is 12.1 Å². The van der Waals surface area contributed by atoms with E-state index in [4.69, 9.17) is 4.74 Å². The van der Waals surface area contributed by atoms with Crippen LogP contribution in [0.2, 0.25) is 0 Å². The molecule has 0 saturated carbocycles. The lowest BCUT2D eigenvalue weighted by molar-refractivity contribution is 0.0303. The predicted molar refractivity (Wildman–Crippen MR) is 95.9 cm³/mol. The number of ether oxygens (including phenoxy) is 1. The summed E-state index contributed by atoms with van der Waals surface area (Å²) in [7, 11) is 0. The number of hydrogen-bond acceptors (Lipinski definition) is 2. The van der Waals surface area contributed by atoms with Gasteiger partial charge in [0.2, 0.25) is 0 Å². The molecule has 3 aromatic rings. The normalized spacial score (nSPS) is 10.5. The summed E-state index contributed by atoms with van der Waals surface area (Å²) in [6.45, 7) is 0. The minimum absolute atomic E-state index is 0.192. The van der Waals surface area contributed by atoms with E-state index in [0.717, 1.165) is 0 Å². The average Bonchev–Trinajstić information content (AvgIpc) is 2.64. The highest BCUT2D eigenvalue weighted by atomic mass is 16.5. The van der Waals surface area contributed by atoms with Crippen LogP contribution >= 0.6 is 0 Å². The molecule has 0 amide bonds. The molecule has 0 bridgehead atoms. The van der Waals surface area contributed by atoms with Gasteiger partial charge in [-0.3, -0.25) is 0 Å². The van der Waals surface area contributed by atoms with Gasteiger partial charge in [0.25, 0.3) is 0 Å². The zero-order chi connectivity index (χ0) is 16.6. The lowest BCUT2D eigenvalue weighted by Gasteiger charge is -2.18. The van der Waals surface area contributed by atoms with Gasteiger partial charge >= 0.3 is 5.97 Å². The highest BCUT2D eigenvalue weighted by molar-refractivity contribution is 5.89. The summed E-state index contributed by atoms with van der Waals surface area (Å²) in [6, 6.07) is 29.4. The second-order valence-electron chi connectivity index (χ2n) is 5.77. The van der Waals surface area contributed by atoms with Crippen molar-refractivity contribution in [3.8, 4) is 0 Å². The second-order valence-corrected chi connectivity index (χ2v) is 5.77. The zero-order valence-electron chi connectivity index (χ0n) is 13.5. The Bertz CT molecular complexity index is 710. The SMILES string of the molecule is O=C(OC(Cc1ccccc1)Cc1ccccc1)c1ccccc1. The van der Waals surface area contributed by atoms with Gasteiger partial charge in [0.15, 0.2) is 0 Å². The topological polar surface area (TPSA) is 26.3 Å². The lowest BCUT2D eigenvalue weighted by Crippen LogP contribution is -2.23. The molecule has 0 saturated heterocycles. The van der Waals surface area contributed by atoms with Crippen molar-refractivity contribution in [3.63, 3.8) is 0 Å². The molecule has 0 heterocycles. The molecule has 0 fully saturated rings. The first-order chi connectivity index (χ1) is 11.8.